The molecule has 6 nitrogen and oxygen atoms in total. The highest BCUT2D eigenvalue weighted by molar-refractivity contribution is 5.87. The number of carbonyl (C=O) groups excluding carboxylic acids is 1. The van der Waals surface area contributed by atoms with Gasteiger partial charge >= 0.3 is 0 Å². The summed E-state index contributed by atoms with van der Waals surface area (Å²) in [5.41, 5.74) is 2.44. The number of aromatic nitrogens is 3. The van der Waals surface area contributed by atoms with E-state index in [2.05, 4.69) is 20.5 Å². The fourth-order valence-electron chi connectivity index (χ4n) is 2.97. The molecular formula is C22H18N4O2. The van der Waals surface area contributed by atoms with Crippen molar-refractivity contribution >= 4 is 5.91 Å². The standard InChI is InChI=1S/C22H18N4O2/c27-21(20(16-9-3-1-4-10-16)17-11-5-2-6-12-17)24-15-19-25-26-22(28-19)18-13-7-8-14-23-18/h1-14,20H,15H2,(H,24,27). The Morgan fingerprint density at radius 3 is 2.11 bits per heavy atom. The third kappa shape index (κ3) is 3.96. The molecule has 1 N–H and O–H groups in total. The average Bonchev–Trinajstić information content (AvgIpc) is 3.24. The molecule has 0 spiro atoms. The zero-order valence-electron chi connectivity index (χ0n) is 15.0. The Bertz CT molecular complexity index is 994. The Balaban J connectivity index is 1.50. The predicted molar refractivity (Wildman–Crippen MR) is 104 cm³/mol. The second kappa shape index (κ2) is 8.26. The first kappa shape index (κ1) is 17.6. The normalized spacial score (nSPS) is 10.8. The summed E-state index contributed by atoms with van der Waals surface area (Å²) < 4.78 is 5.61. The molecule has 0 bridgehead atoms. The Morgan fingerprint density at radius 1 is 0.857 bits per heavy atom. The molecule has 0 atom stereocenters. The number of pyridine rings is 1. The Kier molecular flexibility index (Phi) is 5.20. The molecule has 4 aromatic rings. The van der Waals surface area contributed by atoms with E-state index in [9.17, 15) is 4.79 Å². The molecule has 0 aliphatic carbocycles. The summed E-state index contributed by atoms with van der Waals surface area (Å²) in [6, 6.07) is 24.8. The van der Waals surface area contributed by atoms with Crippen molar-refractivity contribution < 1.29 is 9.21 Å². The highest BCUT2D eigenvalue weighted by Crippen LogP contribution is 2.25. The Morgan fingerprint density at radius 2 is 1.50 bits per heavy atom. The van der Waals surface area contributed by atoms with Crippen LogP contribution in [0, 0.1) is 0 Å². The van der Waals surface area contributed by atoms with E-state index >= 15 is 0 Å². The molecule has 0 fully saturated rings. The first-order valence-corrected chi connectivity index (χ1v) is 8.92. The molecule has 0 aliphatic rings. The van der Waals surface area contributed by atoms with Crippen molar-refractivity contribution in [1.82, 2.24) is 20.5 Å². The molecule has 2 aromatic heterocycles. The number of rotatable bonds is 6. The lowest BCUT2D eigenvalue weighted by Gasteiger charge is -2.17. The van der Waals surface area contributed by atoms with Gasteiger partial charge in [0.25, 0.3) is 5.89 Å². The molecule has 2 heterocycles. The number of hydrogen-bond donors (Lipinski definition) is 1. The van der Waals surface area contributed by atoms with Gasteiger partial charge in [-0.1, -0.05) is 66.7 Å². The van der Waals surface area contributed by atoms with Crippen molar-refractivity contribution in [2.75, 3.05) is 0 Å². The van der Waals surface area contributed by atoms with Crippen LogP contribution in [0.2, 0.25) is 0 Å². The van der Waals surface area contributed by atoms with E-state index in [0.717, 1.165) is 11.1 Å². The molecule has 0 aliphatic heterocycles. The number of carbonyl (C=O) groups is 1. The van der Waals surface area contributed by atoms with Gasteiger partial charge in [-0.25, -0.2) is 0 Å². The largest absolute Gasteiger partial charge is 0.417 e. The number of amides is 1. The predicted octanol–water partition coefficient (Wildman–Crippen LogP) is 3.58. The van der Waals surface area contributed by atoms with Crippen molar-refractivity contribution in [3.63, 3.8) is 0 Å². The molecule has 1 amide bonds. The molecule has 0 saturated heterocycles. The van der Waals surface area contributed by atoms with Gasteiger partial charge in [-0.05, 0) is 23.3 Å². The summed E-state index contributed by atoms with van der Waals surface area (Å²) in [6.07, 6.45) is 1.66. The van der Waals surface area contributed by atoms with Gasteiger partial charge < -0.3 is 9.73 Å². The first-order valence-electron chi connectivity index (χ1n) is 8.92. The lowest BCUT2D eigenvalue weighted by atomic mass is 9.90. The van der Waals surface area contributed by atoms with Crippen LogP contribution in [0.4, 0.5) is 0 Å². The number of nitrogens with zero attached hydrogens (tertiary/aromatic N) is 3. The maximum Gasteiger partial charge on any atom is 0.266 e. The second-order valence-corrected chi connectivity index (χ2v) is 6.19. The molecule has 6 heteroatoms. The maximum absolute atomic E-state index is 13.0. The van der Waals surface area contributed by atoms with E-state index in [0.29, 0.717) is 17.5 Å². The summed E-state index contributed by atoms with van der Waals surface area (Å²) in [5, 5.41) is 10.9. The van der Waals surface area contributed by atoms with Gasteiger partial charge in [-0.2, -0.15) is 0 Å². The van der Waals surface area contributed by atoms with Crippen molar-refractivity contribution in [3.05, 3.63) is 102 Å². The Labute approximate surface area is 162 Å². The van der Waals surface area contributed by atoms with Gasteiger partial charge in [0, 0.05) is 6.20 Å². The summed E-state index contributed by atoms with van der Waals surface area (Å²) >= 11 is 0. The van der Waals surface area contributed by atoms with Gasteiger partial charge in [0.1, 0.15) is 5.69 Å². The van der Waals surface area contributed by atoms with Crippen molar-refractivity contribution in [2.24, 2.45) is 0 Å². The van der Waals surface area contributed by atoms with Crippen LogP contribution < -0.4 is 5.32 Å². The van der Waals surface area contributed by atoms with Crippen LogP contribution in [-0.2, 0) is 11.3 Å². The van der Waals surface area contributed by atoms with Crippen LogP contribution in [-0.4, -0.2) is 21.1 Å². The van der Waals surface area contributed by atoms with Gasteiger partial charge in [-0.3, -0.25) is 9.78 Å². The summed E-state index contributed by atoms with van der Waals surface area (Å²) in [7, 11) is 0. The van der Waals surface area contributed by atoms with Crippen LogP contribution in [0.1, 0.15) is 22.9 Å². The van der Waals surface area contributed by atoms with Gasteiger partial charge in [0.2, 0.25) is 11.8 Å². The molecule has 0 radical (unpaired) electrons. The van der Waals surface area contributed by atoms with Crippen LogP contribution >= 0.6 is 0 Å². The van der Waals surface area contributed by atoms with Crippen molar-refractivity contribution in [2.45, 2.75) is 12.5 Å². The van der Waals surface area contributed by atoms with Gasteiger partial charge in [-0.15, -0.1) is 10.2 Å². The highest BCUT2D eigenvalue weighted by Gasteiger charge is 2.23. The zero-order valence-corrected chi connectivity index (χ0v) is 15.0. The van der Waals surface area contributed by atoms with Crippen molar-refractivity contribution in [1.29, 1.82) is 0 Å². The zero-order chi connectivity index (χ0) is 19.2. The maximum atomic E-state index is 13.0. The lowest BCUT2D eigenvalue weighted by Crippen LogP contribution is -2.29. The van der Waals surface area contributed by atoms with E-state index in [1.807, 2.05) is 72.8 Å². The molecule has 28 heavy (non-hydrogen) atoms. The van der Waals surface area contributed by atoms with E-state index in [1.165, 1.54) is 0 Å². The fourth-order valence-corrected chi connectivity index (χ4v) is 2.97. The minimum absolute atomic E-state index is 0.130. The second-order valence-electron chi connectivity index (χ2n) is 6.19. The molecule has 0 saturated carbocycles. The Hall–Kier alpha value is -3.80. The van der Waals surface area contributed by atoms with Gasteiger partial charge in [0.05, 0.1) is 12.5 Å². The van der Waals surface area contributed by atoms with Crippen LogP contribution in [0.5, 0.6) is 0 Å². The highest BCUT2D eigenvalue weighted by atomic mass is 16.4. The molecule has 0 unspecified atom stereocenters. The van der Waals surface area contributed by atoms with E-state index in [4.69, 9.17) is 4.42 Å². The molecule has 2 aromatic carbocycles. The minimum atomic E-state index is -0.416. The summed E-state index contributed by atoms with van der Waals surface area (Å²) in [5.74, 6) is 0.108. The van der Waals surface area contributed by atoms with Gasteiger partial charge in [0.15, 0.2) is 0 Å². The number of nitrogens with one attached hydrogen (secondary N) is 1. The van der Waals surface area contributed by atoms with E-state index < -0.39 is 5.92 Å². The number of benzene rings is 2. The first-order chi connectivity index (χ1) is 13.8. The minimum Gasteiger partial charge on any atom is -0.417 e. The number of hydrogen-bond acceptors (Lipinski definition) is 5. The molecular weight excluding hydrogens is 352 g/mol. The van der Waals surface area contributed by atoms with E-state index in [-0.39, 0.29) is 12.5 Å². The molecule has 4 rings (SSSR count). The quantitative estimate of drug-likeness (QED) is 0.561. The third-order valence-corrected chi connectivity index (χ3v) is 4.29. The topological polar surface area (TPSA) is 80.9 Å². The van der Waals surface area contributed by atoms with Crippen LogP contribution in [0.25, 0.3) is 11.6 Å². The summed E-state index contributed by atoms with van der Waals surface area (Å²) in [6.45, 7) is 0.148. The van der Waals surface area contributed by atoms with Crippen LogP contribution in [0.15, 0.2) is 89.5 Å². The third-order valence-electron chi connectivity index (χ3n) is 4.29. The fraction of sp³-hybridized carbons (Fsp3) is 0.0909. The monoisotopic (exact) mass is 370 g/mol. The average molecular weight is 370 g/mol. The van der Waals surface area contributed by atoms with Crippen LogP contribution in [0.3, 0.4) is 0 Å². The molecule has 138 valence electrons. The SMILES string of the molecule is O=C(NCc1nnc(-c2ccccn2)o1)C(c1ccccc1)c1ccccc1. The van der Waals surface area contributed by atoms with Crippen molar-refractivity contribution in [3.8, 4) is 11.6 Å². The summed E-state index contributed by atoms with van der Waals surface area (Å²) in [4.78, 5) is 17.2. The smallest absolute Gasteiger partial charge is 0.266 e. The lowest BCUT2D eigenvalue weighted by molar-refractivity contribution is -0.122. The van der Waals surface area contributed by atoms with E-state index in [1.54, 1.807) is 12.3 Å².